The number of aryl methyl sites for hydroxylation is 1. The monoisotopic (exact) mass is 388 g/mol. The highest BCUT2D eigenvalue weighted by Crippen LogP contribution is 2.26. The fourth-order valence-corrected chi connectivity index (χ4v) is 4.11. The van der Waals surface area contributed by atoms with Crippen LogP contribution in [0, 0.1) is 5.92 Å². The van der Waals surface area contributed by atoms with Crippen LogP contribution in [0.2, 0.25) is 0 Å². The molecule has 1 saturated heterocycles. The van der Waals surface area contributed by atoms with Gasteiger partial charge in [-0.1, -0.05) is 13.0 Å². The smallest absolute Gasteiger partial charge is 0.275 e. The minimum absolute atomic E-state index is 0.0292. The van der Waals surface area contributed by atoms with Gasteiger partial charge < -0.3 is 10.2 Å². The van der Waals surface area contributed by atoms with Crippen molar-refractivity contribution in [1.29, 1.82) is 0 Å². The molecule has 29 heavy (non-hydrogen) atoms. The summed E-state index contributed by atoms with van der Waals surface area (Å²) < 4.78 is 1.78. The van der Waals surface area contributed by atoms with Gasteiger partial charge in [0.05, 0.1) is 12.1 Å². The van der Waals surface area contributed by atoms with E-state index in [1.165, 1.54) is 0 Å². The lowest BCUT2D eigenvalue weighted by Gasteiger charge is -2.29. The Balaban J connectivity index is 1.42. The molecule has 0 aliphatic carbocycles. The van der Waals surface area contributed by atoms with Crippen LogP contribution in [0.25, 0.3) is 10.9 Å². The summed E-state index contributed by atoms with van der Waals surface area (Å²) in [6, 6.07) is 9.94. The highest BCUT2D eigenvalue weighted by Gasteiger charge is 2.25. The average Bonchev–Trinajstić information content (AvgIpc) is 3.29. The maximum absolute atomic E-state index is 13.0. The van der Waals surface area contributed by atoms with Gasteiger partial charge in [-0.2, -0.15) is 5.10 Å². The van der Waals surface area contributed by atoms with Gasteiger partial charge in [-0.05, 0) is 43.0 Å². The molecule has 1 aromatic carbocycles. The number of amidine groups is 1. The number of likely N-dealkylation sites (tertiary alicyclic amines) is 1. The fraction of sp³-hybridized carbons (Fsp3) is 0.364. The quantitative estimate of drug-likeness (QED) is 0.731. The molecule has 0 radical (unpaired) electrons. The number of pyridine rings is 1. The van der Waals surface area contributed by atoms with Crippen LogP contribution in [0.5, 0.6) is 0 Å². The molecular formula is C22H24N6O. The largest absolute Gasteiger partial charge is 0.339 e. The van der Waals surface area contributed by atoms with Gasteiger partial charge in [0.25, 0.3) is 5.91 Å². The number of carbonyl (C=O) groups excluding carboxylic acids is 1. The Labute approximate surface area is 169 Å². The van der Waals surface area contributed by atoms with E-state index in [2.05, 4.69) is 27.3 Å². The topological polar surface area (TPSA) is 75.4 Å². The average molecular weight is 388 g/mol. The van der Waals surface area contributed by atoms with E-state index >= 15 is 0 Å². The molecule has 0 unspecified atom stereocenters. The number of benzene rings is 1. The first-order valence-electron chi connectivity index (χ1n) is 10.1. The second kappa shape index (κ2) is 6.99. The molecule has 2 aromatic heterocycles. The molecule has 1 N–H and O–H groups in total. The minimum atomic E-state index is 0.0292. The number of hydrogen-bond acceptors (Lipinski definition) is 5. The molecule has 0 spiro atoms. The van der Waals surface area contributed by atoms with Crippen molar-refractivity contribution >= 4 is 28.3 Å². The third-order valence-corrected chi connectivity index (χ3v) is 5.91. The molecule has 4 heterocycles. The van der Waals surface area contributed by atoms with E-state index in [-0.39, 0.29) is 5.91 Å². The Morgan fingerprint density at radius 3 is 2.86 bits per heavy atom. The van der Waals surface area contributed by atoms with E-state index in [0.29, 0.717) is 18.2 Å². The van der Waals surface area contributed by atoms with Crippen LogP contribution in [0.3, 0.4) is 0 Å². The van der Waals surface area contributed by atoms with Crippen LogP contribution in [0.1, 0.15) is 41.5 Å². The van der Waals surface area contributed by atoms with Gasteiger partial charge in [-0.25, -0.2) is 0 Å². The molecule has 5 rings (SSSR count). The number of fused-ring (bicyclic) bond motifs is 2. The Bertz CT molecular complexity index is 1120. The molecule has 7 nitrogen and oxygen atoms in total. The standard InChI is InChI=1S/C22H24N6O/c1-14-7-10-28(11-8-14)22(29)20-17-6-5-16(12-18(17)27(2)26-20)25-21-19-15(13-24-21)4-3-9-23-19/h3-6,9,12,14H,7-8,10-11,13H2,1-2H3,(H,24,25). The first-order valence-corrected chi connectivity index (χ1v) is 10.1. The number of amides is 1. The summed E-state index contributed by atoms with van der Waals surface area (Å²) in [7, 11) is 1.88. The molecule has 1 fully saturated rings. The van der Waals surface area contributed by atoms with Gasteiger partial charge in [0.15, 0.2) is 11.5 Å². The Morgan fingerprint density at radius 1 is 1.21 bits per heavy atom. The predicted molar refractivity (Wildman–Crippen MR) is 113 cm³/mol. The molecule has 148 valence electrons. The van der Waals surface area contributed by atoms with Crippen LogP contribution >= 0.6 is 0 Å². The summed E-state index contributed by atoms with van der Waals surface area (Å²) in [6.45, 7) is 4.51. The summed E-state index contributed by atoms with van der Waals surface area (Å²) in [5.41, 5.74) is 4.38. The molecule has 0 saturated carbocycles. The fourth-order valence-electron chi connectivity index (χ4n) is 4.11. The van der Waals surface area contributed by atoms with Crippen LogP contribution in [0.15, 0.2) is 41.5 Å². The molecule has 2 aliphatic heterocycles. The molecule has 1 amide bonds. The van der Waals surface area contributed by atoms with Gasteiger partial charge in [0.1, 0.15) is 5.69 Å². The minimum Gasteiger partial charge on any atom is -0.339 e. The summed E-state index contributed by atoms with van der Waals surface area (Å²) >= 11 is 0. The lowest BCUT2D eigenvalue weighted by Crippen LogP contribution is -2.38. The zero-order chi connectivity index (χ0) is 20.0. The lowest BCUT2D eigenvalue weighted by molar-refractivity contribution is 0.0692. The van der Waals surface area contributed by atoms with Crippen molar-refractivity contribution in [3.63, 3.8) is 0 Å². The number of nitrogens with one attached hydrogen (secondary N) is 1. The maximum atomic E-state index is 13.0. The van der Waals surface area contributed by atoms with E-state index in [0.717, 1.165) is 59.6 Å². The lowest BCUT2D eigenvalue weighted by atomic mass is 9.99. The summed E-state index contributed by atoms with van der Waals surface area (Å²) in [6.07, 6.45) is 3.90. The first-order chi connectivity index (χ1) is 14.1. The van der Waals surface area contributed by atoms with Crippen molar-refractivity contribution in [1.82, 2.24) is 19.7 Å². The number of aliphatic imine (C=N–C) groups is 1. The number of piperidine rings is 1. The van der Waals surface area contributed by atoms with Crippen LogP contribution in [-0.4, -0.2) is 44.5 Å². The zero-order valence-corrected chi connectivity index (χ0v) is 16.7. The summed E-state index contributed by atoms with van der Waals surface area (Å²) in [5, 5.41) is 8.80. The predicted octanol–water partition coefficient (Wildman–Crippen LogP) is 3.21. The van der Waals surface area contributed by atoms with E-state index < -0.39 is 0 Å². The third kappa shape index (κ3) is 3.16. The number of hydrogen-bond donors (Lipinski definition) is 1. The molecule has 2 aliphatic rings. The van der Waals surface area contributed by atoms with Crippen LogP contribution < -0.4 is 5.32 Å². The van der Waals surface area contributed by atoms with E-state index in [1.54, 1.807) is 10.9 Å². The zero-order valence-electron chi connectivity index (χ0n) is 16.7. The van der Waals surface area contributed by atoms with Crippen molar-refractivity contribution < 1.29 is 4.79 Å². The normalized spacial score (nSPS) is 16.8. The maximum Gasteiger partial charge on any atom is 0.275 e. The number of carbonyl (C=O) groups is 1. The van der Waals surface area contributed by atoms with Gasteiger partial charge in [-0.3, -0.25) is 19.5 Å². The summed E-state index contributed by atoms with van der Waals surface area (Å²) in [5.74, 6) is 1.49. The molecule has 0 bridgehead atoms. The Kier molecular flexibility index (Phi) is 4.30. The number of aromatic nitrogens is 3. The molecule has 7 heteroatoms. The van der Waals surface area contributed by atoms with Crippen molar-refractivity contribution in [3.8, 4) is 0 Å². The highest BCUT2D eigenvalue weighted by atomic mass is 16.2. The second-order valence-corrected chi connectivity index (χ2v) is 7.98. The van der Waals surface area contributed by atoms with Gasteiger partial charge in [0.2, 0.25) is 0 Å². The van der Waals surface area contributed by atoms with Crippen molar-refractivity contribution in [2.75, 3.05) is 18.4 Å². The van der Waals surface area contributed by atoms with E-state index in [1.807, 2.05) is 42.3 Å². The molecule has 3 aromatic rings. The highest BCUT2D eigenvalue weighted by molar-refractivity contribution is 6.10. The van der Waals surface area contributed by atoms with Gasteiger partial charge in [-0.15, -0.1) is 0 Å². The Morgan fingerprint density at radius 2 is 2.03 bits per heavy atom. The van der Waals surface area contributed by atoms with Gasteiger partial charge in [0, 0.05) is 43.0 Å². The van der Waals surface area contributed by atoms with E-state index in [4.69, 9.17) is 0 Å². The second-order valence-electron chi connectivity index (χ2n) is 7.98. The third-order valence-electron chi connectivity index (χ3n) is 5.91. The van der Waals surface area contributed by atoms with Gasteiger partial charge >= 0.3 is 0 Å². The summed E-state index contributed by atoms with van der Waals surface area (Å²) in [4.78, 5) is 24.0. The number of rotatable bonds is 2. The Hall–Kier alpha value is -3.22. The molecular weight excluding hydrogens is 364 g/mol. The number of nitrogens with zero attached hydrogens (tertiary/aromatic N) is 5. The van der Waals surface area contributed by atoms with Crippen molar-refractivity contribution in [2.24, 2.45) is 18.0 Å². The van der Waals surface area contributed by atoms with Crippen LogP contribution in [0.4, 0.5) is 5.69 Å². The van der Waals surface area contributed by atoms with Crippen molar-refractivity contribution in [3.05, 3.63) is 53.5 Å². The van der Waals surface area contributed by atoms with Crippen LogP contribution in [-0.2, 0) is 13.6 Å². The van der Waals surface area contributed by atoms with E-state index in [9.17, 15) is 4.79 Å². The van der Waals surface area contributed by atoms with Crippen molar-refractivity contribution in [2.45, 2.75) is 26.3 Å². The first kappa shape index (κ1) is 17.8. The molecule has 0 atom stereocenters. The number of anilines is 1. The SMILES string of the molecule is CC1CCN(C(=O)c2nn(C)c3cc(NC4=NCc5cccnc54)ccc23)CC1.